The minimum atomic E-state index is -0.149. The van der Waals surface area contributed by atoms with Crippen LogP contribution >= 0.6 is 0 Å². The zero-order valence-electron chi connectivity index (χ0n) is 22.1. The van der Waals surface area contributed by atoms with Crippen molar-refractivity contribution < 1.29 is 9.63 Å². The standard InChI is InChI=1S/C31H43N3O2/c1-3-4-5-9-19-36-34(23(2)24-11-7-6-8-12-24)31(35)26-14-15-28-25(20-26)16-18-33-22-27-13-10-17-32-29(27)21-30(28)33/h6-8,11-12,14-15,20,23,27,29-30,32H,3-5,9-10,13,16-19,21-22H2,1-2H3/t23-,27-,29+,30+/m1/s1. The van der Waals surface area contributed by atoms with E-state index < -0.39 is 0 Å². The first-order valence-electron chi connectivity index (χ1n) is 14.3. The number of rotatable bonds is 9. The number of hydrogen-bond donors (Lipinski definition) is 1. The fraction of sp³-hybridized carbons (Fsp3) is 0.581. The van der Waals surface area contributed by atoms with Gasteiger partial charge in [-0.1, -0.05) is 62.6 Å². The van der Waals surface area contributed by atoms with Gasteiger partial charge < -0.3 is 5.32 Å². The summed E-state index contributed by atoms with van der Waals surface area (Å²) in [5.41, 5.74) is 4.59. The lowest BCUT2D eigenvalue weighted by Crippen LogP contribution is -2.54. The van der Waals surface area contributed by atoms with Crippen molar-refractivity contribution in [2.45, 2.75) is 83.3 Å². The van der Waals surface area contributed by atoms with Crippen LogP contribution < -0.4 is 5.32 Å². The number of hydroxylamine groups is 2. The van der Waals surface area contributed by atoms with Crippen LogP contribution in [0, 0.1) is 5.92 Å². The molecule has 0 radical (unpaired) electrons. The first-order chi connectivity index (χ1) is 17.7. The van der Waals surface area contributed by atoms with Crippen LogP contribution in [-0.2, 0) is 11.3 Å². The average molecular weight is 490 g/mol. The number of nitrogens with one attached hydrogen (secondary N) is 1. The second-order valence-corrected chi connectivity index (χ2v) is 11.0. The molecule has 3 aliphatic heterocycles. The second kappa shape index (κ2) is 11.9. The highest BCUT2D eigenvalue weighted by Crippen LogP contribution is 2.41. The van der Waals surface area contributed by atoms with Gasteiger partial charge >= 0.3 is 0 Å². The van der Waals surface area contributed by atoms with Gasteiger partial charge in [-0.25, -0.2) is 5.06 Å². The molecule has 1 amide bonds. The maximum Gasteiger partial charge on any atom is 0.278 e. The van der Waals surface area contributed by atoms with Crippen molar-refractivity contribution in [2.75, 3.05) is 26.2 Å². The van der Waals surface area contributed by atoms with E-state index in [2.05, 4.69) is 48.3 Å². The fourth-order valence-electron chi connectivity index (χ4n) is 6.48. The van der Waals surface area contributed by atoms with Gasteiger partial charge in [0.2, 0.25) is 0 Å². The van der Waals surface area contributed by atoms with Crippen molar-refractivity contribution >= 4 is 5.91 Å². The molecule has 0 bridgehead atoms. The molecule has 5 rings (SSSR count). The Balaban J connectivity index is 1.34. The lowest BCUT2D eigenvalue weighted by molar-refractivity contribution is -0.148. The summed E-state index contributed by atoms with van der Waals surface area (Å²) >= 11 is 0. The molecule has 5 nitrogen and oxygen atoms in total. The lowest BCUT2D eigenvalue weighted by atomic mass is 9.77. The highest BCUT2D eigenvalue weighted by molar-refractivity contribution is 5.94. The summed E-state index contributed by atoms with van der Waals surface area (Å²) in [6.07, 6.45) is 9.35. The Morgan fingerprint density at radius 1 is 1.17 bits per heavy atom. The van der Waals surface area contributed by atoms with E-state index in [1.807, 2.05) is 24.3 Å². The van der Waals surface area contributed by atoms with Crippen molar-refractivity contribution in [3.8, 4) is 0 Å². The number of nitrogens with zero attached hydrogens (tertiary/aromatic N) is 2. The first-order valence-corrected chi connectivity index (χ1v) is 14.3. The van der Waals surface area contributed by atoms with Crippen LogP contribution in [0.2, 0.25) is 0 Å². The van der Waals surface area contributed by atoms with Crippen molar-refractivity contribution in [1.82, 2.24) is 15.3 Å². The number of amides is 1. The van der Waals surface area contributed by atoms with Gasteiger partial charge in [-0.2, -0.15) is 0 Å². The molecule has 5 heteroatoms. The topological polar surface area (TPSA) is 44.8 Å². The lowest BCUT2D eigenvalue weighted by Gasteiger charge is -2.49. The Bertz CT molecular complexity index is 1010. The molecule has 0 aromatic heterocycles. The second-order valence-electron chi connectivity index (χ2n) is 11.0. The summed E-state index contributed by atoms with van der Waals surface area (Å²) in [5, 5.41) is 5.41. The van der Waals surface area contributed by atoms with Gasteiger partial charge in [0.05, 0.1) is 12.6 Å². The quantitative estimate of drug-likeness (QED) is 0.343. The molecule has 0 spiro atoms. The van der Waals surface area contributed by atoms with Crippen LogP contribution in [-0.4, -0.2) is 48.2 Å². The zero-order chi connectivity index (χ0) is 24.9. The predicted octanol–water partition coefficient (Wildman–Crippen LogP) is 6.07. The molecule has 0 unspecified atom stereocenters. The van der Waals surface area contributed by atoms with E-state index in [0.717, 1.165) is 49.4 Å². The van der Waals surface area contributed by atoms with Crippen LogP contribution in [0.5, 0.6) is 0 Å². The fourth-order valence-corrected chi connectivity index (χ4v) is 6.48. The monoisotopic (exact) mass is 489 g/mol. The molecule has 2 fully saturated rings. The smallest absolute Gasteiger partial charge is 0.278 e. The van der Waals surface area contributed by atoms with Crippen molar-refractivity contribution in [3.05, 3.63) is 70.8 Å². The van der Waals surface area contributed by atoms with E-state index in [1.54, 1.807) is 5.06 Å². The van der Waals surface area contributed by atoms with E-state index >= 15 is 0 Å². The number of carbonyl (C=O) groups is 1. The molecule has 1 N–H and O–H groups in total. The Labute approximate surface area is 217 Å². The van der Waals surface area contributed by atoms with Gasteiger partial charge in [0.1, 0.15) is 0 Å². The number of hydrogen-bond acceptors (Lipinski definition) is 4. The molecule has 2 saturated heterocycles. The molecular weight excluding hydrogens is 446 g/mol. The largest absolute Gasteiger partial charge is 0.314 e. The van der Waals surface area contributed by atoms with Crippen molar-refractivity contribution in [3.63, 3.8) is 0 Å². The summed E-state index contributed by atoms with van der Waals surface area (Å²) in [6, 6.07) is 17.6. The number of unbranched alkanes of at least 4 members (excludes halogenated alkanes) is 3. The van der Waals surface area contributed by atoms with E-state index in [4.69, 9.17) is 4.84 Å². The number of fused-ring (bicyclic) bond motifs is 4. The minimum absolute atomic E-state index is 0.0373. The molecule has 2 aromatic rings. The summed E-state index contributed by atoms with van der Waals surface area (Å²) < 4.78 is 0. The molecule has 2 aromatic carbocycles. The molecule has 3 heterocycles. The molecule has 0 aliphatic carbocycles. The van der Waals surface area contributed by atoms with Gasteiger partial charge in [0.25, 0.3) is 5.91 Å². The minimum Gasteiger partial charge on any atom is -0.314 e. The SMILES string of the molecule is CCCCCCON(C(=O)c1ccc2c(c1)CCN1C[C@H]3CCCN[C@H]3C[C@@H]21)[C@H](C)c1ccccc1. The van der Waals surface area contributed by atoms with E-state index in [9.17, 15) is 4.79 Å². The Morgan fingerprint density at radius 2 is 2.03 bits per heavy atom. The highest BCUT2D eigenvalue weighted by Gasteiger charge is 2.39. The summed E-state index contributed by atoms with van der Waals surface area (Å²) in [5.74, 6) is 0.754. The van der Waals surface area contributed by atoms with Crippen LogP contribution in [0.3, 0.4) is 0 Å². The van der Waals surface area contributed by atoms with Crippen molar-refractivity contribution in [1.29, 1.82) is 0 Å². The molecule has 0 saturated carbocycles. The predicted molar refractivity (Wildman–Crippen MR) is 145 cm³/mol. The third-order valence-corrected chi connectivity index (χ3v) is 8.59. The van der Waals surface area contributed by atoms with Crippen molar-refractivity contribution in [2.24, 2.45) is 5.92 Å². The Morgan fingerprint density at radius 3 is 2.86 bits per heavy atom. The first kappa shape index (κ1) is 25.4. The highest BCUT2D eigenvalue weighted by atomic mass is 16.7. The van der Waals surface area contributed by atoms with Gasteiger partial charge in [-0.3, -0.25) is 14.5 Å². The molecule has 4 atom stereocenters. The molecule has 36 heavy (non-hydrogen) atoms. The van der Waals surface area contributed by atoms with E-state index in [0.29, 0.717) is 18.7 Å². The van der Waals surface area contributed by atoms with Gasteiger partial charge in [0, 0.05) is 30.7 Å². The number of benzene rings is 2. The van der Waals surface area contributed by atoms with E-state index in [-0.39, 0.29) is 11.9 Å². The van der Waals surface area contributed by atoms with Crippen LogP contribution in [0.25, 0.3) is 0 Å². The number of carbonyl (C=O) groups excluding carboxylic acids is 1. The Hall–Kier alpha value is -2.21. The maximum absolute atomic E-state index is 13.8. The maximum atomic E-state index is 13.8. The average Bonchev–Trinajstić information content (AvgIpc) is 2.93. The van der Waals surface area contributed by atoms with Crippen LogP contribution in [0.15, 0.2) is 48.5 Å². The summed E-state index contributed by atoms with van der Waals surface area (Å²) in [6.45, 7) is 8.29. The summed E-state index contributed by atoms with van der Waals surface area (Å²) in [4.78, 5) is 22.7. The summed E-state index contributed by atoms with van der Waals surface area (Å²) in [7, 11) is 0. The Kier molecular flexibility index (Phi) is 8.40. The van der Waals surface area contributed by atoms with Crippen LogP contribution in [0.1, 0.15) is 97.9 Å². The normalized spacial score (nSPS) is 24.3. The van der Waals surface area contributed by atoms with E-state index in [1.165, 1.54) is 49.8 Å². The van der Waals surface area contributed by atoms with Gasteiger partial charge in [0.15, 0.2) is 0 Å². The van der Waals surface area contributed by atoms with Crippen LogP contribution in [0.4, 0.5) is 0 Å². The third kappa shape index (κ3) is 5.53. The van der Waals surface area contributed by atoms with Gasteiger partial charge in [-0.05, 0) is 80.3 Å². The zero-order valence-corrected chi connectivity index (χ0v) is 22.1. The molecule has 3 aliphatic rings. The van der Waals surface area contributed by atoms with Gasteiger partial charge in [-0.15, -0.1) is 0 Å². The number of piperidine rings is 2. The third-order valence-electron chi connectivity index (χ3n) is 8.59. The molecular formula is C31H43N3O2. The molecule has 194 valence electrons.